The van der Waals surface area contributed by atoms with E-state index in [1.54, 1.807) is 21.9 Å². The molecule has 3 aliphatic heterocycles. The van der Waals surface area contributed by atoms with E-state index in [1.807, 2.05) is 29.2 Å². The minimum absolute atomic E-state index is 0.0189. The van der Waals surface area contributed by atoms with Gasteiger partial charge in [-0.3, -0.25) is 19.3 Å². The van der Waals surface area contributed by atoms with Crippen molar-refractivity contribution in [3.05, 3.63) is 58.7 Å². The summed E-state index contributed by atoms with van der Waals surface area (Å²) in [4.78, 5) is 45.1. The summed E-state index contributed by atoms with van der Waals surface area (Å²) in [6.45, 7) is 3.94. The Kier molecular flexibility index (Phi) is 9.84. The topological polar surface area (TPSA) is 140 Å². The third kappa shape index (κ3) is 6.48. The number of unbranched alkanes of at least 4 members (excludes halogenated alkanes) is 1. The van der Waals surface area contributed by atoms with Crippen molar-refractivity contribution in [2.24, 2.45) is 5.92 Å². The molecule has 3 aliphatic rings. The fourth-order valence-corrected chi connectivity index (χ4v) is 6.66. The number of amides is 2. The second-order valence-corrected chi connectivity index (χ2v) is 11.5. The van der Waals surface area contributed by atoms with Crippen molar-refractivity contribution in [1.29, 1.82) is 0 Å². The number of fused-ring (bicyclic) bond motifs is 2. The first-order valence-corrected chi connectivity index (χ1v) is 15.1. The molecule has 0 bridgehead atoms. The van der Waals surface area contributed by atoms with Crippen molar-refractivity contribution >= 4 is 17.8 Å². The van der Waals surface area contributed by atoms with Crippen LogP contribution in [0.3, 0.4) is 0 Å². The summed E-state index contributed by atoms with van der Waals surface area (Å²) >= 11 is 0. The Bertz CT molecular complexity index is 1330. The summed E-state index contributed by atoms with van der Waals surface area (Å²) in [5, 5.41) is 30.0. The van der Waals surface area contributed by atoms with Gasteiger partial charge in [-0.1, -0.05) is 31.5 Å². The lowest BCUT2D eigenvalue weighted by atomic mass is 9.83. The Morgan fingerprint density at radius 2 is 1.88 bits per heavy atom. The molecule has 1 fully saturated rings. The number of aliphatic carboxylic acids is 1. The third-order valence-corrected chi connectivity index (χ3v) is 8.85. The lowest BCUT2D eigenvalue weighted by Crippen LogP contribution is -2.45. The number of aliphatic hydroxyl groups is 2. The number of hydrogen-bond acceptors (Lipinski definition) is 8. The molecular weight excluding hydrogens is 554 g/mol. The monoisotopic (exact) mass is 595 g/mol. The van der Waals surface area contributed by atoms with E-state index < -0.39 is 23.8 Å². The van der Waals surface area contributed by atoms with Crippen molar-refractivity contribution in [2.75, 3.05) is 46.1 Å². The number of carboxylic acid groups (broad SMARTS) is 1. The van der Waals surface area contributed by atoms with Crippen LogP contribution >= 0.6 is 0 Å². The Balaban J connectivity index is 1.42. The Labute approximate surface area is 251 Å². The fourth-order valence-electron chi connectivity index (χ4n) is 6.66. The normalized spacial score (nSPS) is 21.0. The number of carboxylic acids is 1. The minimum Gasteiger partial charge on any atom is -0.481 e. The number of carbonyl (C=O) groups excluding carboxylic acids is 2. The summed E-state index contributed by atoms with van der Waals surface area (Å²) in [5.74, 6) is -1.58. The highest BCUT2D eigenvalue weighted by Crippen LogP contribution is 2.44. The van der Waals surface area contributed by atoms with Crippen LogP contribution in [0.15, 0.2) is 36.4 Å². The van der Waals surface area contributed by atoms with E-state index in [9.17, 15) is 29.7 Å². The smallest absolute Gasteiger partial charge is 0.308 e. The molecule has 1 saturated heterocycles. The number of carbonyl (C=O) groups is 3. The summed E-state index contributed by atoms with van der Waals surface area (Å²) < 4.78 is 11.1. The van der Waals surface area contributed by atoms with Crippen molar-refractivity contribution in [2.45, 2.75) is 57.7 Å². The van der Waals surface area contributed by atoms with E-state index in [4.69, 9.17) is 9.47 Å². The molecule has 2 aromatic carbocycles. The zero-order chi connectivity index (χ0) is 30.5. The molecule has 2 amide bonds. The molecule has 0 saturated carbocycles. The van der Waals surface area contributed by atoms with Gasteiger partial charge in [0, 0.05) is 62.4 Å². The zero-order valence-corrected chi connectivity index (χ0v) is 24.6. The molecule has 3 atom stereocenters. The van der Waals surface area contributed by atoms with Crippen LogP contribution in [0.1, 0.15) is 65.6 Å². The van der Waals surface area contributed by atoms with Gasteiger partial charge in [-0.05, 0) is 48.6 Å². The number of benzene rings is 2. The highest BCUT2D eigenvalue weighted by atomic mass is 16.7. The van der Waals surface area contributed by atoms with Gasteiger partial charge in [-0.2, -0.15) is 0 Å². The number of aliphatic hydroxyl groups excluding tert-OH is 2. The van der Waals surface area contributed by atoms with Gasteiger partial charge in [0.15, 0.2) is 11.5 Å². The van der Waals surface area contributed by atoms with Gasteiger partial charge in [-0.25, -0.2) is 0 Å². The molecule has 0 spiro atoms. The molecule has 11 nitrogen and oxygen atoms in total. The van der Waals surface area contributed by atoms with Gasteiger partial charge in [0.25, 0.3) is 5.91 Å². The average molecular weight is 596 g/mol. The maximum absolute atomic E-state index is 13.6. The number of nitrogens with zero attached hydrogens (tertiary/aromatic N) is 3. The summed E-state index contributed by atoms with van der Waals surface area (Å²) in [6, 6.07) is 10.5. The quantitative estimate of drug-likeness (QED) is 0.300. The standard InChI is InChI=1S/C32H41N3O8/c1-2-3-10-33(11-6-13-36)28(38)18-35-17-25(22-14-23(19-37)30-27(15-22)42-20-43-30)29(32(40)41)26(35)9-12-34-16-21-7-4-5-8-24(21)31(34)39/h4-5,7-8,14-15,25-26,29,36-37H,2-3,6,9-13,16-20H2,1H3,(H,40,41)/t25-,26+,29-/m1/s1. The molecule has 3 heterocycles. The van der Waals surface area contributed by atoms with Gasteiger partial charge < -0.3 is 34.6 Å². The third-order valence-electron chi connectivity index (χ3n) is 8.85. The van der Waals surface area contributed by atoms with Crippen LogP contribution in [-0.2, 0) is 22.7 Å². The maximum atomic E-state index is 13.6. The van der Waals surface area contributed by atoms with Crippen molar-refractivity contribution in [1.82, 2.24) is 14.7 Å². The van der Waals surface area contributed by atoms with Crippen LogP contribution in [0.25, 0.3) is 0 Å². The summed E-state index contributed by atoms with van der Waals surface area (Å²) in [7, 11) is 0. The molecule has 43 heavy (non-hydrogen) atoms. The van der Waals surface area contributed by atoms with Crippen LogP contribution in [-0.4, -0.2) is 100.0 Å². The second kappa shape index (κ2) is 13.7. The minimum atomic E-state index is -0.979. The molecule has 0 aromatic heterocycles. The molecule has 232 valence electrons. The first-order chi connectivity index (χ1) is 20.9. The van der Waals surface area contributed by atoms with Gasteiger partial charge in [-0.15, -0.1) is 0 Å². The SMILES string of the molecule is CCCCN(CCCO)C(=O)CN1C[C@H](c2cc(CO)c3c(c2)OCO3)[C@@H](C(=O)O)[C@@H]1CCN1Cc2ccccc2C1=O. The fraction of sp³-hybridized carbons (Fsp3) is 0.531. The lowest BCUT2D eigenvalue weighted by Gasteiger charge is -2.30. The van der Waals surface area contributed by atoms with E-state index in [0.29, 0.717) is 73.8 Å². The number of likely N-dealkylation sites (tertiary alicyclic amines) is 1. The number of rotatable bonds is 14. The van der Waals surface area contributed by atoms with Gasteiger partial charge in [0.2, 0.25) is 12.7 Å². The molecule has 3 N–H and O–H groups in total. The first kappa shape index (κ1) is 30.8. The Morgan fingerprint density at radius 3 is 2.60 bits per heavy atom. The lowest BCUT2D eigenvalue weighted by molar-refractivity contribution is -0.144. The predicted molar refractivity (Wildman–Crippen MR) is 157 cm³/mol. The van der Waals surface area contributed by atoms with Gasteiger partial charge >= 0.3 is 5.97 Å². The molecule has 0 unspecified atom stereocenters. The largest absolute Gasteiger partial charge is 0.481 e. The zero-order valence-electron chi connectivity index (χ0n) is 24.6. The molecule has 0 aliphatic carbocycles. The van der Waals surface area contributed by atoms with E-state index in [0.717, 1.165) is 18.4 Å². The molecule has 0 radical (unpaired) electrons. The highest BCUT2D eigenvalue weighted by Gasteiger charge is 2.48. The van der Waals surface area contributed by atoms with Crippen molar-refractivity contribution < 1.29 is 39.2 Å². The van der Waals surface area contributed by atoms with Gasteiger partial charge in [0.1, 0.15) is 0 Å². The van der Waals surface area contributed by atoms with Crippen molar-refractivity contribution in [3.8, 4) is 11.5 Å². The number of hydrogen-bond donors (Lipinski definition) is 3. The first-order valence-electron chi connectivity index (χ1n) is 15.1. The molecular formula is C32H41N3O8. The molecule has 11 heteroatoms. The molecule has 2 aromatic rings. The van der Waals surface area contributed by atoms with Crippen LogP contribution in [0.4, 0.5) is 0 Å². The second-order valence-electron chi connectivity index (χ2n) is 11.5. The maximum Gasteiger partial charge on any atom is 0.308 e. The average Bonchev–Trinajstić information content (AvgIpc) is 3.71. The van der Waals surface area contributed by atoms with Crippen LogP contribution in [0.2, 0.25) is 0 Å². The van der Waals surface area contributed by atoms with E-state index in [2.05, 4.69) is 6.92 Å². The Hall–Kier alpha value is -3.67. The van der Waals surface area contributed by atoms with Crippen LogP contribution in [0.5, 0.6) is 11.5 Å². The predicted octanol–water partition coefficient (Wildman–Crippen LogP) is 2.43. The van der Waals surface area contributed by atoms with Gasteiger partial charge in [0.05, 0.1) is 19.1 Å². The Morgan fingerprint density at radius 1 is 1.09 bits per heavy atom. The van der Waals surface area contributed by atoms with E-state index in [-0.39, 0.29) is 38.4 Å². The number of ether oxygens (including phenoxy) is 2. The summed E-state index contributed by atoms with van der Waals surface area (Å²) in [6.07, 6.45) is 2.60. The van der Waals surface area contributed by atoms with Crippen LogP contribution < -0.4 is 9.47 Å². The van der Waals surface area contributed by atoms with E-state index in [1.165, 1.54) is 0 Å². The van der Waals surface area contributed by atoms with Crippen molar-refractivity contribution in [3.63, 3.8) is 0 Å². The highest BCUT2D eigenvalue weighted by molar-refractivity contribution is 5.98. The van der Waals surface area contributed by atoms with E-state index >= 15 is 0 Å². The van der Waals surface area contributed by atoms with Crippen LogP contribution in [0, 0.1) is 5.92 Å². The summed E-state index contributed by atoms with van der Waals surface area (Å²) in [5.41, 5.74) is 2.84. The molecule has 5 rings (SSSR count).